The maximum absolute atomic E-state index is 13.1. The third kappa shape index (κ3) is 2.90. The van der Waals surface area contributed by atoms with Gasteiger partial charge in [0.05, 0.1) is 47.9 Å². The second-order valence-corrected chi connectivity index (χ2v) is 7.57. The molecule has 2 heterocycles. The van der Waals surface area contributed by atoms with E-state index in [0.717, 1.165) is 10.00 Å². The Bertz CT molecular complexity index is 957. The lowest BCUT2D eigenvalue weighted by Crippen LogP contribution is -2.49. The fourth-order valence-corrected chi connectivity index (χ4v) is 4.39. The van der Waals surface area contributed by atoms with Crippen LogP contribution in [0.15, 0.2) is 35.5 Å². The first-order valence-corrected chi connectivity index (χ1v) is 8.91. The highest BCUT2D eigenvalue weighted by atomic mass is 32.2. The summed E-state index contributed by atoms with van der Waals surface area (Å²) in [6.07, 6.45) is 1.75. The normalized spacial score (nSPS) is 17.6. The van der Waals surface area contributed by atoms with E-state index in [1.54, 1.807) is 17.9 Å². The molecule has 130 valence electrons. The van der Waals surface area contributed by atoms with Crippen molar-refractivity contribution in [3.05, 3.63) is 47.5 Å². The zero-order valence-corrected chi connectivity index (χ0v) is 14.5. The number of carbonyl (C=O) groups is 1. The van der Waals surface area contributed by atoms with E-state index in [-0.39, 0.29) is 17.9 Å². The fraction of sp³-hybridized carbons (Fsp3) is 0.312. The molecule has 0 spiro atoms. The number of fused-ring (bicyclic) bond motifs is 1. The second-order valence-electron chi connectivity index (χ2n) is 5.68. The molecule has 1 atom stereocenters. The monoisotopic (exact) mass is 360 g/mol. The summed E-state index contributed by atoms with van der Waals surface area (Å²) in [5, 5.41) is 8.86. The van der Waals surface area contributed by atoms with Crippen LogP contribution in [-0.4, -0.2) is 41.4 Å². The van der Waals surface area contributed by atoms with Gasteiger partial charge in [-0.25, -0.2) is 13.4 Å². The van der Waals surface area contributed by atoms with Crippen molar-refractivity contribution in [3.63, 3.8) is 0 Å². The van der Waals surface area contributed by atoms with E-state index in [1.807, 2.05) is 6.07 Å². The molecular weight excluding hydrogens is 344 g/mol. The van der Waals surface area contributed by atoms with E-state index in [9.17, 15) is 13.2 Å². The number of hydrogen-bond donors (Lipinski definition) is 0. The maximum Gasteiger partial charge on any atom is 0.324 e. The number of carbonyl (C=O) groups excluding carboxylic acids is 1. The number of hydrogen-bond acceptors (Lipinski definition) is 6. The van der Waals surface area contributed by atoms with E-state index < -0.39 is 22.0 Å². The highest BCUT2D eigenvalue weighted by Crippen LogP contribution is 2.29. The second kappa shape index (κ2) is 6.31. The van der Waals surface area contributed by atoms with E-state index in [1.165, 1.54) is 31.4 Å². The van der Waals surface area contributed by atoms with Crippen molar-refractivity contribution in [3.8, 4) is 6.07 Å². The smallest absolute Gasteiger partial charge is 0.324 e. The average molecular weight is 360 g/mol. The number of esters is 1. The quantitative estimate of drug-likeness (QED) is 0.742. The molecule has 1 aliphatic rings. The lowest BCUT2D eigenvalue weighted by atomic mass is 10.1. The molecule has 0 aliphatic carbocycles. The Hall–Kier alpha value is -2.70. The third-order valence-electron chi connectivity index (χ3n) is 4.25. The molecule has 0 bridgehead atoms. The van der Waals surface area contributed by atoms with Crippen LogP contribution in [0, 0.1) is 11.3 Å². The topological polar surface area (TPSA) is 105 Å². The fourth-order valence-electron chi connectivity index (χ4n) is 2.85. The van der Waals surface area contributed by atoms with Crippen LogP contribution in [0.4, 0.5) is 0 Å². The van der Waals surface area contributed by atoms with Gasteiger partial charge in [-0.05, 0) is 24.3 Å². The number of imidazole rings is 1. The van der Waals surface area contributed by atoms with Crippen molar-refractivity contribution in [1.82, 2.24) is 13.9 Å². The van der Waals surface area contributed by atoms with Gasteiger partial charge in [-0.3, -0.25) is 4.79 Å². The van der Waals surface area contributed by atoms with Gasteiger partial charge in [-0.1, -0.05) is 0 Å². The van der Waals surface area contributed by atoms with Gasteiger partial charge in [0, 0.05) is 13.5 Å². The molecular formula is C16H16N4O4S. The molecule has 3 rings (SSSR count). The summed E-state index contributed by atoms with van der Waals surface area (Å²) in [6.45, 7) is 0.0218. The number of rotatable bonds is 3. The minimum atomic E-state index is -3.95. The number of sulfonamides is 1. The summed E-state index contributed by atoms with van der Waals surface area (Å²) < 4.78 is 33.8. The molecule has 0 fully saturated rings. The Labute approximate surface area is 145 Å². The van der Waals surface area contributed by atoms with Crippen molar-refractivity contribution in [2.45, 2.75) is 23.9 Å². The largest absolute Gasteiger partial charge is 0.468 e. The Morgan fingerprint density at radius 1 is 1.36 bits per heavy atom. The highest BCUT2D eigenvalue weighted by molar-refractivity contribution is 7.89. The van der Waals surface area contributed by atoms with Gasteiger partial charge >= 0.3 is 5.97 Å². The van der Waals surface area contributed by atoms with E-state index in [4.69, 9.17) is 10.00 Å². The first-order chi connectivity index (χ1) is 11.9. The van der Waals surface area contributed by atoms with Gasteiger partial charge in [-0.15, -0.1) is 0 Å². The SMILES string of the molecule is COC(=O)[C@@H]1Cc2ncn(C)c2CN1S(=O)(=O)c1ccc(C#N)cc1. The summed E-state index contributed by atoms with van der Waals surface area (Å²) in [7, 11) is -0.947. The molecule has 1 aliphatic heterocycles. The van der Waals surface area contributed by atoms with E-state index in [2.05, 4.69) is 4.98 Å². The average Bonchev–Trinajstić information content (AvgIpc) is 3.00. The summed E-state index contributed by atoms with van der Waals surface area (Å²) in [6, 6.07) is 6.55. The third-order valence-corrected chi connectivity index (χ3v) is 6.12. The maximum atomic E-state index is 13.1. The van der Waals surface area contributed by atoms with E-state index in [0.29, 0.717) is 11.3 Å². The van der Waals surface area contributed by atoms with Crippen LogP contribution in [0.3, 0.4) is 0 Å². The lowest BCUT2D eigenvalue weighted by Gasteiger charge is -2.32. The molecule has 8 nitrogen and oxygen atoms in total. The van der Waals surface area contributed by atoms with Crippen LogP contribution < -0.4 is 0 Å². The van der Waals surface area contributed by atoms with Crippen LogP contribution >= 0.6 is 0 Å². The van der Waals surface area contributed by atoms with Gasteiger partial charge in [0.1, 0.15) is 6.04 Å². The predicted octanol–water partition coefficient (Wildman–Crippen LogP) is 0.580. The van der Waals surface area contributed by atoms with Crippen LogP contribution in [0.1, 0.15) is 17.0 Å². The Morgan fingerprint density at radius 3 is 2.64 bits per heavy atom. The Kier molecular flexibility index (Phi) is 4.32. The zero-order valence-electron chi connectivity index (χ0n) is 13.7. The standard InChI is InChI=1S/C16H16N4O4S/c1-19-10-18-13-7-14(16(21)24-2)20(9-15(13)19)25(22,23)12-5-3-11(8-17)4-6-12/h3-6,10,14H,7,9H2,1-2H3/t14-/m0/s1. The molecule has 25 heavy (non-hydrogen) atoms. The number of nitrogens with zero attached hydrogens (tertiary/aromatic N) is 4. The van der Waals surface area contributed by atoms with E-state index >= 15 is 0 Å². The Balaban J connectivity index is 2.06. The molecule has 9 heteroatoms. The number of aromatic nitrogens is 2. The summed E-state index contributed by atoms with van der Waals surface area (Å²) in [4.78, 5) is 16.4. The number of nitriles is 1. The van der Waals surface area contributed by atoms with Crippen molar-refractivity contribution in [2.24, 2.45) is 7.05 Å². The number of benzene rings is 1. The van der Waals surface area contributed by atoms with Crippen LogP contribution in [0.5, 0.6) is 0 Å². The van der Waals surface area contributed by atoms with Gasteiger partial charge in [-0.2, -0.15) is 9.57 Å². The molecule has 0 unspecified atom stereocenters. The molecule has 1 aromatic carbocycles. The van der Waals surface area contributed by atoms with Gasteiger partial charge in [0.25, 0.3) is 0 Å². The molecule has 1 aromatic heterocycles. The van der Waals surface area contributed by atoms with Crippen molar-refractivity contribution < 1.29 is 17.9 Å². The predicted molar refractivity (Wildman–Crippen MR) is 86.6 cm³/mol. The van der Waals surface area contributed by atoms with Crippen molar-refractivity contribution >= 4 is 16.0 Å². The lowest BCUT2D eigenvalue weighted by molar-refractivity contribution is -0.145. The summed E-state index contributed by atoms with van der Waals surface area (Å²) >= 11 is 0. The van der Waals surface area contributed by atoms with Crippen molar-refractivity contribution in [1.29, 1.82) is 5.26 Å². The molecule has 0 saturated heterocycles. The van der Waals surface area contributed by atoms with Gasteiger partial charge < -0.3 is 9.30 Å². The van der Waals surface area contributed by atoms with Crippen LogP contribution in [0.25, 0.3) is 0 Å². The Morgan fingerprint density at radius 2 is 2.04 bits per heavy atom. The van der Waals surface area contributed by atoms with Crippen molar-refractivity contribution in [2.75, 3.05) is 7.11 Å². The molecule has 2 aromatic rings. The molecule has 0 amide bonds. The minimum Gasteiger partial charge on any atom is -0.468 e. The summed E-state index contributed by atoms with van der Waals surface area (Å²) in [5.41, 5.74) is 1.78. The zero-order chi connectivity index (χ0) is 18.2. The summed E-state index contributed by atoms with van der Waals surface area (Å²) in [5.74, 6) is -0.631. The van der Waals surface area contributed by atoms with Crippen LogP contribution in [0.2, 0.25) is 0 Å². The first kappa shape index (κ1) is 17.1. The van der Waals surface area contributed by atoms with Gasteiger partial charge in [0.2, 0.25) is 10.0 Å². The highest BCUT2D eigenvalue weighted by Gasteiger charge is 2.41. The first-order valence-electron chi connectivity index (χ1n) is 7.47. The van der Waals surface area contributed by atoms with Crippen LogP contribution in [-0.2, 0) is 39.6 Å². The molecule has 0 N–H and O–H groups in total. The number of methoxy groups -OCH3 is 1. The van der Waals surface area contributed by atoms with Gasteiger partial charge in [0.15, 0.2) is 0 Å². The number of aryl methyl sites for hydroxylation is 1. The minimum absolute atomic E-state index is 0.0195. The molecule has 0 saturated carbocycles. The number of ether oxygens (including phenoxy) is 1. The molecule has 0 radical (unpaired) electrons.